The molecule has 0 N–H and O–H groups in total. The van der Waals surface area contributed by atoms with Crippen molar-refractivity contribution in [1.82, 2.24) is 0 Å². The Labute approximate surface area is 214 Å². The molecule has 5 nitrogen and oxygen atoms in total. The van der Waals surface area contributed by atoms with E-state index in [-0.39, 0.29) is 5.91 Å². The van der Waals surface area contributed by atoms with Gasteiger partial charge in [0.25, 0.3) is 5.91 Å². The Kier molecular flexibility index (Phi) is 7.15. The molecule has 0 saturated carbocycles. The van der Waals surface area contributed by atoms with Gasteiger partial charge in [-0.1, -0.05) is 72.8 Å². The van der Waals surface area contributed by atoms with E-state index in [2.05, 4.69) is 0 Å². The molecule has 1 aliphatic heterocycles. The fourth-order valence-corrected chi connectivity index (χ4v) is 4.75. The van der Waals surface area contributed by atoms with Crippen LogP contribution in [0.25, 0.3) is 6.08 Å². The van der Waals surface area contributed by atoms with Gasteiger partial charge in [0, 0.05) is 0 Å². The highest BCUT2D eigenvalue weighted by Crippen LogP contribution is 2.38. The van der Waals surface area contributed by atoms with Crippen LogP contribution in [-0.2, 0) is 11.4 Å². The fraction of sp³-hybridized carbons (Fsp3) is 0.0667. The summed E-state index contributed by atoms with van der Waals surface area (Å²) in [7, 11) is 1.61. The minimum absolute atomic E-state index is 0.121. The third-order valence-electron chi connectivity index (χ3n) is 5.52. The lowest BCUT2D eigenvalue weighted by atomic mass is 10.1. The van der Waals surface area contributed by atoms with E-state index in [0.29, 0.717) is 28.2 Å². The van der Waals surface area contributed by atoms with Crippen molar-refractivity contribution in [3.63, 3.8) is 0 Å². The van der Waals surface area contributed by atoms with Crippen LogP contribution >= 0.6 is 11.8 Å². The number of anilines is 1. The number of carbonyl (C=O) groups excluding carboxylic acids is 1. The molecule has 0 radical (unpaired) electrons. The monoisotopic (exact) mass is 492 g/mol. The minimum Gasteiger partial charge on any atom is -0.493 e. The molecule has 36 heavy (non-hydrogen) atoms. The van der Waals surface area contributed by atoms with E-state index in [1.54, 1.807) is 12.0 Å². The molecular weight excluding hydrogens is 468 g/mol. The van der Waals surface area contributed by atoms with Crippen LogP contribution in [0.15, 0.2) is 119 Å². The molecular formula is C30H24N2O3S. The smallest absolute Gasteiger partial charge is 0.271 e. The molecule has 178 valence electrons. The molecule has 0 aliphatic carbocycles. The Morgan fingerprint density at radius 2 is 1.50 bits per heavy atom. The largest absolute Gasteiger partial charge is 0.493 e. The lowest BCUT2D eigenvalue weighted by Gasteiger charge is -2.15. The van der Waals surface area contributed by atoms with Crippen LogP contribution in [-0.4, -0.2) is 18.2 Å². The molecule has 1 heterocycles. The molecule has 6 heteroatoms. The highest BCUT2D eigenvalue weighted by atomic mass is 32.2. The minimum atomic E-state index is -0.121. The standard InChI is InChI=1S/C30H24N2O3S/c1-34-27-19-23(17-18-26(27)35-21-22-11-5-2-6-12-22)20-28-29(33)32(25-15-9-4-10-16-25)30(36-28)31-24-13-7-3-8-14-24/h2-20H,21H2,1H3/b28-20-,31-30?. The van der Waals surface area contributed by atoms with E-state index in [4.69, 9.17) is 14.5 Å². The highest BCUT2D eigenvalue weighted by Gasteiger charge is 2.34. The lowest BCUT2D eigenvalue weighted by molar-refractivity contribution is -0.113. The number of amides is 1. The van der Waals surface area contributed by atoms with Crippen molar-refractivity contribution in [1.29, 1.82) is 0 Å². The number of para-hydroxylation sites is 2. The van der Waals surface area contributed by atoms with E-state index in [1.807, 2.05) is 115 Å². The number of aliphatic imine (C=N–C) groups is 1. The number of benzene rings is 4. The van der Waals surface area contributed by atoms with Crippen molar-refractivity contribution in [3.05, 3.63) is 125 Å². The van der Waals surface area contributed by atoms with Gasteiger partial charge in [-0.05, 0) is 65.4 Å². The summed E-state index contributed by atoms with van der Waals surface area (Å²) in [6.45, 7) is 0.442. The number of carbonyl (C=O) groups is 1. The predicted octanol–water partition coefficient (Wildman–Crippen LogP) is 7.08. The van der Waals surface area contributed by atoms with Gasteiger partial charge < -0.3 is 9.47 Å². The predicted molar refractivity (Wildman–Crippen MR) is 147 cm³/mol. The van der Waals surface area contributed by atoms with Crippen molar-refractivity contribution >= 4 is 40.3 Å². The average Bonchev–Trinajstić information content (AvgIpc) is 3.23. The summed E-state index contributed by atoms with van der Waals surface area (Å²) in [5.41, 5.74) is 3.47. The Morgan fingerprint density at radius 1 is 0.833 bits per heavy atom. The van der Waals surface area contributed by atoms with E-state index in [9.17, 15) is 4.79 Å². The number of methoxy groups -OCH3 is 1. The third kappa shape index (κ3) is 5.34. The molecule has 1 aliphatic rings. The Bertz CT molecular complexity index is 1400. The second kappa shape index (κ2) is 11.0. The van der Waals surface area contributed by atoms with Gasteiger partial charge in [0.2, 0.25) is 0 Å². The Hall–Kier alpha value is -4.29. The maximum Gasteiger partial charge on any atom is 0.271 e. The number of rotatable bonds is 7. The average molecular weight is 493 g/mol. The maximum atomic E-state index is 13.5. The van der Waals surface area contributed by atoms with E-state index < -0.39 is 0 Å². The first kappa shape index (κ1) is 23.5. The first-order chi connectivity index (χ1) is 17.7. The topological polar surface area (TPSA) is 51.1 Å². The van der Waals surface area contributed by atoms with Gasteiger partial charge in [0.15, 0.2) is 16.7 Å². The second-order valence-corrected chi connectivity index (χ2v) is 9.01. The van der Waals surface area contributed by atoms with Gasteiger partial charge in [0.05, 0.1) is 23.4 Å². The number of hydrogen-bond donors (Lipinski definition) is 0. The molecule has 0 aromatic heterocycles. The Morgan fingerprint density at radius 3 is 2.19 bits per heavy atom. The summed E-state index contributed by atoms with van der Waals surface area (Å²) in [4.78, 5) is 20.5. The van der Waals surface area contributed by atoms with Crippen molar-refractivity contribution in [2.24, 2.45) is 4.99 Å². The summed E-state index contributed by atoms with van der Waals surface area (Å²) >= 11 is 1.35. The number of ether oxygens (including phenoxy) is 2. The zero-order valence-electron chi connectivity index (χ0n) is 19.7. The summed E-state index contributed by atoms with van der Waals surface area (Å²) in [5.74, 6) is 1.13. The third-order valence-corrected chi connectivity index (χ3v) is 6.49. The van der Waals surface area contributed by atoms with Crippen molar-refractivity contribution in [2.75, 3.05) is 12.0 Å². The first-order valence-electron chi connectivity index (χ1n) is 11.5. The summed E-state index contributed by atoms with van der Waals surface area (Å²) < 4.78 is 11.5. The molecule has 0 unspecified atom stereocenters. The van der Waals surface area contributed by atoms with Crippen LogP contribution < -0.4 is 14.4 Å². The molecule has 0 bridgehead atoms. The van der Waals surface area contributed by atoms with Gasteiger partial charge >= 0.3 is 0 Å². The van der Waals surface area contributed by atoms with Crippen molar-refractivity contribution < 1.29 is 14.3 Å². The molecule has 1 amide bonds. The SMILES string of the molecule is COc1cc(/C=C2\SC(=Nc3ccccc3)N(c3ccccc3)C2=O)ccc1OCc1ccccc1. The van der Waals surface area contributed by atoms with E-state index in [1.165, 1.54) is 11.8 Å². The molecule has 4 aromatic rings. The van der Waals surface area contributed by atoms with Gasteiger partial charge in [-0.15, -0.1) is 0 Å². The molecule has 0 spiro atoms. The fourth-order valence-electron chi connectivity index (χ4n) is 3.75. The van der Waals surface area contributed by atoms with Crippen molar-refractivity contribution in [2.45, 2.75) is 6.61 Å². The van der Waals surface area contributed by atoms with Crippen LogP contribution in [0.3, 0.4) is 0 Å². The zero-order valence-corrected chi connectivity index (χ0v) is 20.5. The van der Waals surface area contributed by atoms with Crippen LogP contribution in [0, 0.1) is 0 Å². The van der Waals surface area contributed by atoms with Gasteiger partial charge in [-0.25, -0.2) is 4.99 Å². The zero-order chi connectivity index (χ0) is 24.7. The first-order valence-corrected chi connectivity index (χ1v) is 12.3. The number of hydrogen-bond acceptors (Lipinski definition) is 5. The molecule has 1 saturated heterocycles. The number of amidine groups is 1. The van der Waals surface area contributed by atoms with Crippen LogP contribution in [0.2, 0.25) is 0 Å². The van der Waals surface area contributed by atoms with E-state index in [0.717, 1.165) is 22.5 Å². The Balaban J connectivity index is 1.43. The summed E-state index contributed by atoms with van der Waals surface area (Å²) in [6, 6.07) is 34.8. The molecule has 5 rings (SSSR count). The lowest BCUT2D eigenvalue weighted by Crippen LogP contribution is -2.28. The van der Waals surface area contributed by atoms with Gasteiger partial charge in [-0.2, -0.15) is 0 Å². The summed E-state index contributed by atoms with van der Waals surface area (Å²) in [5, 5.41) is 0.610. The van der Waals surface area contributed by atoms with Crippen LogP contribution in [0.4, 0.5) is 11.4 Å². The summed E-state index contributed by atoms with van der Waals surface area (Å²) in [6.07, 6.45) is 1.86. The molecule has 0 atom stereocenters. The van der Waals surface area contributed by atoms with Crippen LogP contribution in [0.5, 0.6) is 11.5 Å². The molecule has 4 aromatic carbocycles. The quantitative estimate of drug-likeness (QED) is 0.259. The second-order valence-electron chi connectivity index (χ2n) is 8.00. The highest BCUT2D eigenvalue weighted by molar-refractivity contribution is 8.19. The number of nitrogens with zero attached hydrogens (tertiary/aromatic N) is 2. The van der Waals surface area contributed by atoms with Crippen LogP contribution in [0.1, 0.15) is 11.1 Å². The van der Waals surface area contributed by atoms with Gasteiger partial charge in [-0.3, -0.25) is 9.69 Å². The van der Waals surface area contributed by atoms with Crippen molar-refractivity contribution in [3.8, 4) is 11.5 Å². The van der Waals surface area contributed by atoms with Gasteiger partial charge in [0.1, 0.15) is 6.61 Å². The number of thioether (sulfide) groups is 1. The molecule has 1 fully saturated rings. The maximum absolute atomic E-state index is 13.5. The van der Waals surface area contributed by atoms with E-state index >= 15 is 0 Å². The normalized spacial score (nSPS) is 15.5.